The van der Waals surface area contributed by atoms with Gasteiger partial charge in [-0.3, -0.25) is 0 Å². The summed E-state index contributed by atoms with van der Waals surface area (Å²) in [6.45, 7) is 2.31. The zero-order valence-electron chi connectivity index (χ0n) is 15.5. The molecule has 0 aliphatic rings. The largest absolute Gasteiger partial charge is 0.0654 e. The van der Waals surface area contributed by atoms with Crippen LogP contribution in [0.3, 0.4) is 0 Å². The van der Waals surface area contributed by atoms with Crippen molar-refractivity contribution in [3.05, 3.63) is 83.9 Å². The van der Waals surface area contributed by atoms with Crippen molar-refractivity contribution in [3.63, 3.8) is 0 Å². The molecule has 130 valence electrons. The van der Waals surface area contributed by atoms with Gasteiger partial charge < -0.3 is 0 Å². The average Bonchev–Trinajstić information content (AvgIpc) is 2.67. The van der Waals surface area contributed by atoms with Gasteiger partial charge in [-0.25, -0.2) is 0 Å². The highest BCUT2D eigenvalue weighted by molar-refractivity contribution is 5.86. The normalized spacial score (nSPS) is 12.4. The molecule has 0 radical (unpaired) electrons. The smallest absolute Gasteiger partial charge is 0.0149 e. The predicted octanol–water partition coefficient (Wildman–Crippen LogP) is 7.53. The maximum atomic E-state index is 2.35. The van der Waals surface area contributed by atoms with Crippen molar-refractivity contribution in [2.24, 2.45) is 0 Å². The lowest BCUT2D eigenvalue weighted by atomic mass is 9.86. The Hall–Kier alpha value is -2.08. The van der Waals surface area contributed by atoms with E-state index in [-0.39, 0.29) is 0 Å². The highest BCUT2D eigenvalue weighted by atomic mass is 14.2. The van der Waals surface area contributed by atoms with E-state index in [4.69, 9.17) is 0 Å². The summed E-state index contributed by atoms with van der Waals surface area (Å²) in [5, 5.41) is 2.83. The first-order valence-corrected chi connectivity index (χ1v) is 9.90. The van der Waals surface area contributed by atoms with E-state index in [2.05, 4.69) is 79.7 Å². The molecule has 0 heterocycles. The van der Waals surface area contributed by atoms with Crippen LogP contribution in [-0.4, -0.2) is 0 Å². The van der Waals surface area contributed by atoms with Gasteiger partial charge in [-0.2, -0.15) is 0 Å². The lowest BCUT2D eigenvalue weighted by molar-refractivity contribution is 0.525. The van der Waals surface area contributed by atoms with Crippen molar-refractivity contribution < 1.29 is 0 Å². The summed E-state index contributed by atoms with van der Waals surface area (Å²) in [4.78, 5) is 0. The fraction of sp³-hybridized carbons (Fsp3) is 0.360. The van der Waals surface area contributed by atoms with E-state index in [1.807, 2.05) is 0 Å². The number of fused-ring (bicyclic) bond motifs is 1. The minimum Gasteiger partial charge on any atom is -0.0654 e. The molecule has 3 aromatic rings. The summed E-state index contributed by atoms with van der Waals surface area (Å²) in [6, 6.07) is 26.6. The highest BCUT2D eigenvalue weighted by Crippen LogP contribution is 2.32. The van der Waals surface area contributed by atoms with Crippen LogP contribution in [-0.2, 0) is 6.42 Å². The van der Waals surface area contributed by atoms with Crippen LogP contribution in [0.25, 0.3) is 10.8 Å². The van der Waals surface area contributed by atoms with Gasteiger partial charge in [-0.1, -0.05) is 99.0 Å². The van der Waals surface area contributed by atoms with Gasteiger partial charge in [0.15, 0.2) is 0 Å². The van der Waals surface area contributed by atoms with E-state index in [0.29, 0.717) is 5.92 Å². The molecule has 3 rings (SSSR count). The van der Waals surface area contributed by atoms with Gasteiger partial charge in [0.2, 0.25) is 0 Å². The number of unbranched alkanes of at least 4 members (excludes halogenated alkanes) is 2. The van der Waals surface area contributed by atoms with Gasteiger partial charge >= 0.3 is 0 Å². The third-order valence-electron chi connectivity index (χ3n) is 5.26. The molecule has 0 spiro atoms. The van der Waals surface area contributed by atoms with E-state index in [1.165, 1.54) is 61.3 Å². The molecule has 0 heteroatoms. The molecule has 0 aromatic heterocycles. The summed E-state index contributed by atoms with van der Waals surface area (Å²) >= 11 is 0. The topological polar surface area (TPSA) is 0 Å². The fourth-order valence-corrected chi connectivity index (χ4v) is 3.95. The Kier molecular flexibility index (Phi) is 6.68. The quantitative estimate of drug-likeness (QED) is 0.356. The SMILES string of the molecule is CCCC(CCCCCc1ccccc1)c1cccc2ccccc12. The van der Waals surface area contributed by atoms with Crippen LogP contribution in [0.1, 0.15) is 62.5 Å². The molecule has 1 atom stereocenters. The lowest BCUT2D eigenvalue weighted by Gasteiger charge is -2.19. The number of aryl methyl sites for hydroxylation is 1. The molecule has 0 nitrogen and oxygen atoms in total. The first kappa shape index (κ1) is 17.7. The Morgan fingerprint density at radius 2 is 1.44 bits per heavy atom. The van der Waals surface area contributed by atoms with Gasteiger partial charge in [0.25, 0.3) is 0 Å². The molecule has 1 unspecified atom stereocenters. The second-order valence-corrected chi connectivity index (χ2v) is 7.14. The van der Waals surface area contributed by atoms with Crippen molar-refractivity contribution >= 4 is 10.8 Å². The standard InChI is InChI=1S/C25H30/c1-2-12-22(16-8-4-7-15-21-13-5-3-6-14-21)25-20-11-18-23-17-9-10-19-24(23)25/h3,5-6,9-11,13-14,17-20,22H,2,4,7-8,12,15-16H2,1H3. The molecule has 0 aliphatic carbocycles. The number of hydrogen-bond acceptors (Lipinski definition) is 0. The van der Waals surface area contributed by atoms with E-state index >= 15 is 0 Å². The van der Waals surface area contributed by atoms with Crippen LogP contribution in [0.15, 0.2) is 72.8 Å². The zero-order valence-corrected chi connectivity index (χ0v) is 15.5. The zero-order chi connectivity index (χ0) is 17.3. The molecule has 0 bridgehead atoms. The maximum absolute atomic E-state index is 2.35. The lowest BCUT2D eigenvalue weighted by Crippen LogP contribution is -2.00. The van der Waals surface area contributed by atoms with Crippen LogP contribution in [0.4, 0.5) is 0 Å². The summed E-state index contributed by atoms with van der Waals surface area (Å²) in [5.74, 6) is 0.702. The average molecular weight is 331 g/mol. The summed E-state index contributed by atoms with van der Waals surface area (Å²) in [6.07, 6.45) is 9.06. The number of rotatable bonds is 9. The van der Waals surface area contributed by atoms with E-state index < -0.39 is 0 Å². The molecule has 0 aliphatic heterocycles. The van der Waals surface area contributed by atoms with Gasteiger partial charge in [0.1, 0.15) is 0 Å². The third-order valence-corrected chi connectivity index (χ3v) is 5.26. The second kappa shape index (κ2) is 9.42. The van der Waals surface area contributed by atoms with Crippen LogP contribution < -0.4 is 0 Å². The van der Waals surface area contributed by atoms with Gasteiger partial charge in [-0.15, -0.1) is 0 Å². The van der Waals surface area contributed by atoms with Crippen molar-refractivity contribution in [2.45, 2.75) is 57.8 Å². The first-order chi connectivity index (χ1) is 12.4. The first-order valence-electron chi connectivity index (χ1n) is 9.90. The summed E-state index contributed by atoms with van der Waals surface area (Å²) < 4.78 is 0. The third kappa shape index (κ3) is 4.95. The van der Waals surface area contributed by atoms with Crippen LogP contribution in [0, 0.1) is 0 Å². The number of hydrogen-bond donors (Lipinski definition) is 0. The van der Waals surface area contributed by atoms with Crippen LogP contribution in [0.2, 0.25) is 0 Å². The molecule has 0 saturated carbocycles. The monoisotopic (exact) mass is 330 g/mol. The van der Waals surface area contributed by atoms with Gasteiger partial charge in [-0.05, 0) is 53.5 Å². The Balaban J connectivity index is 1.57. The molecule has 25 heavy (non-hydrogen) atoms. The minimum atomic E-state index is 0.702. The molecular formula is C25H30. The summed E-state index contributed by atoms with van der Waals surface area (Å²) in [7, 11) is 0. The Morgan fingerprint density at radius 1 is 0.680 bits per heavy atom. The molecule has 0 amide bonds. The minimum absolute atomic E-state index is 0.702. The Labute approximate surface area is 152 Å². The Bertz CT molecular complexity index is 752. The van der Waals surface area contributed by atoms with E-state index in [0.717, 1.165) is 0 Å². The molecule has 3 aromatic carbocycles. The van der Waals surface area contributed by atoms with E-state index in [1.54, 1.807) is 5.56 Å². The van der Waals surface area contributed by atoms with Crippen molar-refractivity contribution in [1.29, 1.82) is 0 Å². The van der Waals surface area contributed by atoms with Crippen molar-refractivity contribution in [1.82, 2.24) is 0 Å². The van der Waals surface area contributed by atoms with Gasteiger partial charge in [0, 0.05) is 0 Å². The number of benzene rings is 3. The van der Waals surface area contributed by atoms with E-state index in [9.17, 15) is 0 Å². The van der Waals surface area contributed by atoms with Gasteiger partial charge in [0.05, 0.1) is 0 Å². The van der Waals surface area contributed by atoms with Crippen molar-refractivity contribution in [3.8, 4) is 0 Å². The predicted molar refractivity (Wildman–Crippen MR) is 110 cm³/mol. The van der Waals surface area contributed by atoms with Crippen molar-refractivity contribution in [2.75, 3.05) is 0 Å². The maximum Gasteiger partial charge on any atom is -0.0149 e. The highest BCUT2D eigenvalue weighted by Gasteiger charge is 2.13. The molecule has 0 fully saturated rings. The second-order valence-electron chi connectivity index (χ2n) is 7.14. The molecule has 0 saturated heterocycles. The Morgan fingerprint density at radius 3 is 2.28 bits per heavy atom. The molecule has 0 N–H and O–H groups in total. The van der Waals surface area contributed by atoms with Crippen LogP contribution >= 0.6 is 0 Å². The van der Waals surface area contributed by atoms with Crippen LogP contribution in [0.5, 0.6) is 0 Å². The fourth-order valence-electron chi connectivity index (χ4n) is 3.95. The summed E-state index contributed by atoms with van der Waals surface area (Å²) in [5.41, 5.74) is 3.03. The molecular weight excluding hydrogens is 300 g/mol.